The number of alkyl halides is 1. The minimum atomic E-state index is 0.256. The number of likely N-dealkylation sites (tertiary alicyclic amines) is 1. The Balaban J connectivity index is 1.90. The molecule has 0 aromatic heterocycles. The molecular formula is C11H18ClNOS. The topological polar surface area (TPSA) is 20.3 Å². The summed E-state index contributed by atoms with van der Waals surface area (Å²) >= 11 is 8.06. The van der Waals surface area contributed by atoms with Gasteiger partial charge in [0.1, 0.15) is 0 Å². The predicted octanol–water partition coefficient (Wildman–Crippen LogP) is 2.22. The van der Waals surface area contributed by atoms with Crippen molar-refractivity contribution in [2.45, 2.75) is 25.1 Å². The van der Waals surface area contributed by atoms with E-state index in [2.05, 4.69) is 6.92 Å². The first kappa shape index (κ1) is 11.6. The Labute approximate surface area is 101 Å². The molecule has 2 aliphatic heterocycles. The van der Waals surface area contributed by atoms with Crippen molar-refractivity contribution >= 4 is 29.3 Å². The van der Waals surface area contributed by atoms with Gasteiger partial charge < -0.3 is 4.90 Å². The molecule has 0 bridgehead atoms. The minimum Gasteiger partial charge on any atom is -0.342 e. The van der Waals surface area contributed by atoms with Crippen molar-refractivity contribution in [1.29, 1.82) is 0 Å². The standard InChI is InChI=1S/C11H18ClNOS/c1-8-6-13(4-2-10(8)12)11(14)9-3-5-15-7-9/h8-10H,2-7H2,1H3. The minimum absolute atomic E-state index is 0.256. The zero-order valence-corrected chi connectivity index (χ0v) is 10.7. The Bertz CT molecular complexity index is 243. The first-order chi connectivity index (χ1) is 7.18. The maximum Gasteiger partial charge on any atom is 0.226 e. The molecule has 3 atom stereocenters. The second-order valence-electron chi connectivity index (χ2n) is 4.63. The van der Waals surface area contributed by atoms with E-state index in [-0.39, 0.29) is 11.3 Å². The van der Waals surface area contributed by atoms with Gasteiger partial charge in [0.2, 0.25) is 5.91 Å². The molecule has 4 heteroatoms. The van der Waals surface area contributed by atoms with E-state index in [0.29, 0.717) is 11.8 Å². The smallest absolute Gasteiger partial charge is 0.226 e. The Morgan fingerprint density at radius 2 is 2.27 bits per heavy atom. The van der Waals surface area contributed by atoms with Gasteiger partial charge in [-0.05, 0) is 24.5 Å². The van der Waals surface area contributed by atoms with E-state index in [0.717, 1.165) is 37.4 Å². The molecule has 2 aliphatic rings. The van der Waals surface area contributed by atoms with Crippen LogP contribution in [0.15, 0.2) is 0 Å². The van der Waals surface area contributed by atoms with Crippen molar-refractivity contribution in [2.24, 2.45) is 11.8 Å². The van der Waals surface area contributed by atoms with Gasteiger partial charge in [-0.1, -0.05) is 6.92 Å². The molecule has 0 spiro atoms. The van der Waals surface area contributed by atoms with Crippen LogP contribution in [0.2, 0.25) is 0 Å². The lowest BCUT2D eigenvalue weighted by Gasteiger charge is -2.35. The number of carbonyl (C=O) groups excluding carboxylic acids is 1. The third kappa shape index (κ3) is 2.62. The van der Waals surface area contributed by atoms with Crippen LogP contribution < -0.4 is 0 Å². The maximum atomic E-state index is 12.1. The summed E-state index contributed by atoms with van der Waals surface area (Å²) in [6.45, 7) is 3.85. The quantitative estimate of drug-likeness (QED) is 0.663. The molecule has 0 aliphatic carbocycles. The van der Waals surface area contributed by atoms with Crippen LogP contribution in [0.5, 0.6) is 0 Å². The molecule has 0 aromatic rings. The number of piperidine rings is 1. The molecule has 2 saturated heterocycles. The summed E-state index contributed by atoms with van der Waals surface area (Å²) in [5.41, 5.74) is 0. The summed E-state index contributed by atoms with van der Waals surface area (Å²) in [6.07, 6.45) is 2.02. The molecule has 2 rings (SSSR count). The lowest BCUT2D eigenvalue weighted by atomic mass is 9.97. The van der Waals surface area contributed by atoms with Crippen LogP contribution in [0.25, 0.3) is 0 Å². The van der Waals surface area contributed by atoms with E-state index >= 15 is 0 Å². The van der Waals surface area contributed by atoms with E-state index in [4.69, 9.17) is 11.6 Å². The summed E-state index contributed by atoms with van der Waals surface area (Å²) in [4.78, 5) is 14.1. The lowest BCUT2D eigenvalue weighted by Crippen LogP contribution is -2.45. The number of thioether (sulfide) groups is 1. The summed E-state index contributed by atoms with van der Waals surface area (Å²) in [5.74, 6) is 3.27. The predicted molar refractivity (Wildman–Crippen MR) is 65.4 cm³/mol. The second kappa shape index (κ2) is 4.96. The molecule has 86 valence electrons. The molecule has 0 N–H and O–H groups in total. The molecule has 1 amide bonds. The van der Waals surface area contributed by atoms with Crippen LogP contribution >= 0.6 is 23.4 Å². The van der Waals surface area contributed by atoms with Crippen molar-refractivity contribution in [3.05, 3.63) is 0 Å². The molecule has 0 radical (unpaired) electrons. The normalized spacial score (nSPS) is 36.9. The molecular weight excluding hydrogens is 230 g/mol. The zero-order valence-electron chi connectivity index (χ0n) is 9.12. The highest BCUT2D eigenvalue weighted by molar-refractivity contribution is 7.99. The lowest BCUT2D eigenvalue weighted by molar-refractivity contribution is -0.136. The van der Waals surface area contributed by atoms with Gasteiger partial charge in [0.25, 0.3) is 0 Å². The summed E-state index contributed by atoms with van der Waals surface area (Å²) < 4.78 is 0. The number of amides is 1. The fourth-order valence-corrected chi connectivity index (χ4v) is 3.69. The largest absolute Gasteiger partial charge is 0.342 e. The highest BCUT2D eigenvalue weighted by atomic mass is 35.5. The molecule has 2 fully saturated rings. The van der Waals surface area contributed by atoms with Gasteiger partial charge in [-0.2, -0.15) is 11.8 Å². The van der Waals surface area contributed by atoms with E-state index in [1.165, 1.54) is 0 Å². The average molecular weight is 248 g/mol. The van der Waals surface area contributed by atoms with Crippen molar-refractivity contribution in [1.82, 2.24) is 4.90 Å². The Kier molecular flexibility index (Phi) is 3.83. The Morgan fingerprint density at radius 1 is 1.47 bits per heavy atom. The highest BCUT2D eigenvalue weighted by Crippen LogP contribution is 2.28. The van der Waals surface area contributed by atoms with E-state index in [1.54, 1.807) is 0 Å². The van der Waals surface area contributed by atoms with Crippen molar-refractivity contribution in [3.63, 3.8) is 0 Å². The second-order valence-corrected chi connectivity index (χ2v) is 6.34. The summed E-state index contributed by atoms with van der Waals surface area (Å²) in [5, 5.41) is 0.256. The van der Waals surface area contributed by atoms with Crippen LogP contribution in [0.1, 0.15) is 19.8 Å². The number of carbonyl (C=O) groups is 1. The maximum absolute atomic E-state index is 12.1. The van der Waals surface area contributed by atoms with Crippen molar-refractivity contribution < 1.29 is 4.79 Å². The van der Waals surface area contributed by atoms with E-state index < -0.39 is 0 Å². The van der Waals surface area contributed by atoms with E-state index in [9.17, 15) is 4.79 Å². The van der Waals surface area contributed by atoms with Gasteiger partial charge in [0, 0.05) is 30.1 Å². The van der Waals surface area contributed by atoms with E-state index in [1.807, 2.05) is 16.7 Å². The SMILES string of the molecule is CC1CN(C(=O)C2CCSC2)CCC1Cl. The van der Waals surface area contributed by atoms with Crippen molar-refractivity contribution in [2.75, 3.05) is 24.6 Å². The van der Waals surface area contributed by atoms with Gasteiger partial charge in [-0.3, -0.25) is 4.79 Å². The number of hydrogen-bond donors (Lipinski definition) is 0. The first-order valence-electron chi connectivity index (χ1n) is 5.69. The molecule has 3 unspecified atom stereocenters. The van der Waals surface area contributed by atoms with Gasteiger partial charge in [-0.25, -0.2) is 0 Å². The monoisotopic (exact) mass is 247 g/mol. The first-order valence-corrected chi connectivity index (χ1v) is 7.28. The number of nitrogens with zero attached hydrogens (tertiary/aromatic N) is 1. The van der Waals surface area contributed by atoms with Crippen LogP contribution in [0, 0.1) is 11.8 Å². The fourth-order valence-electron chi connectivity index (χ4n) is 2.30. The summed E-state index contributed by atoms with van der Waals surface area (Å²) in [7, 11) is 0. The number of halogens is 1. The highest BCUT2D eigenvalue weighted by Gasteiger charge is 2.32. The number of hydrogen-bond acceptors (Lipinski definition) is 2. The molecule has 15 heavy (non-hydrogen) atoms. The van der Waals surface area contributed by atoms with Gasteiger partial charge in [0.15, 0.2) is 0 Å². The Morgan fingerprint density at radius 3 is 2.87 bits per heavy atom. The van der Waals surface area contributed by atoms with Crippen LogP contribution in [0.3, 0.4) is 0 Å². The van der Waals surface area contributed by atoms with Gasteiger partial charge in [-0.15, -0.1) is 11.6 Å². The third-order valence-corrected chi connectivity index (χ3v) is 5.20. The summed E-state index contributed by atoms with van der Waals surface area (Å²) in [6, 6.07) is 0. The average Bonchev–Trinajstić information content (AvgIpc) is 2.74. The van der Waals surface area contributed by atoms with Gasteiger partial charge in [0.05, 0.1) is 0 Å². The zero-order chi connectivity index (χ0) is 10.8. The molecule has 2 heterocycles. The number of rotatable bonds is 1. The Hall–Kier alpha value is 0.110. The van der Waals surface area contributed by atoms with Gasteiger partial charge >= 0.3 is 0 Å². The molecule has 0 aromatic carbocycles. The molecule has 2 nitrogen and oxygen atoms in total. The van der Waals surface area contributed by atoms with Crippen molar-refractivity contribution in [3.8, 4) is 0 Å². The third-order valence-electron chi connectivity index (χ3n) is 3.39. The fraction of sp³-hybridized carbons (Fsp3) is 0.909. The van der Waals surface area contributed by atoms with Crippen LogP contribution in [-0.4, -0.2) is 40.8 Å². The van der Waals surface area contributed by atoms with Crippen LogP contribution in [-0.2, 0) is 4.79 Å². The molecule has 0 saturated carbocycles. The van der Waals surface area contributed by atoms with Crippen LogP contribution in [0.4, 0.5) is 0 Å².